The number of nitrogens with zero attached hydrogens (tertiary/aromatic N) is 3. The van der Waals surface area contributed by atoms with Crippen molar-refractivity contribution in [2.45, 2.75) is 26.4 Å². The van der Waals surface area contributed by atoms with Gasteiger partial charge in [0.2, 0.25) is 10.0 Å². The molecule has 80 valence electrons. The molecule has 1 aromatic rings. The Morgan fingerprint density at radius 3 is 2.71 bits per heavy atom. The Bertz CT molecular complexity index is 357. The smallest absolute Gasteiger partial charge is 0.213 e. The molecule has 0 aliphatic carbocycles. The molecule has 0 aromatic carbocycles. The van der Waals surface area contributed by atoms with Gasteiger partial charge in [-0.3, -0.25) is 4.68 Å². The van der Waals surface area contributed by atoms with Gasteiger partial charge in [-0.1, -0.05) is 0 Å². The summed E-state index contributed by atoms with van der Waals surface area (Å²) in [5, 5.41) is 3.81. The monoisotopic (exact) mass is 218 g/mol. The zero-order chi connectivity index (χ0) is 10.6. The van der Waals surface area contributed by atoms with Crippen LogP contribution in [0.1, 0.15) is 13.8 Å². The van der Waals surface area contributed by atoms with Gasteiger partial charge in [0.15, 0.2) is 0 Å². The number of rotatable bonds is 5. The van der Waals surface area contributed by atoms with E-state index in [1.54, 1.807) is 13.8 Å². The third-order valence-corrected chi connectivity index (χ3v) is 3.02. The van der Waals surface area contributed by atoms with Crippen molar-refractivity contribution in [3.8, 4) is 0 Å². The van der Waals surface area contributed by atoms with Crippen LogP contribution < -0.4 is 4.72 Å². The lowest BCUT2D eigenvalue weighted by molar-refractivity contribution is 0.557. The molecule has 7 heteroatoms. The maximum atomic E-state index is 11.4. The number of hydrogen-bond donors (Lipinski definition) is 1. The van der Waals surface area contributed by atoms with Crippen LogP contribution in [0.25, 0.3) is 0 Å². The van der Waals surface area contributed by atoms with E-state index in [4.69, 9.17) is 0 Å². The molecule has 6 nitrogen and oxygen atoms in total. The first-order valence-corrected chi connectivity index (χ1v) is 5.97. The van der Waals surface area contributed by atoms with E-state index in [0.717, 1.165) is 0 Å². The van der Waals surface area contributed by atoms with E-state index < -0.39 is 10.0 Å². The highest BCUT2D eigenvalue weighted by Crippen LogP contribution is 1.91. The topological polar surface area (TPSA) is 76.9 Å². The van der Waals surface area contributed by atoms with E-state index in [-0.39, 0.29) is 11.8 Å². The predicted octanol–water partition coefficient (Wildman–Crippen LogP) is -0.394. The van der Waals surface area contributed by atoms with Crippen LogP contribution in [-0.4, -0.2) is 35.0 Å². The lowest BCUT2D eigenvalue weighted by Crippen LogP contribution is -2.33. The Morgan fingerprint density at radius 1 is 1.50 bits per heavy atom. The third-order valence-electron chi connectivity index (χ3n) is 1.47. The van der Waals surface area contributed by atoms with Gasteiger partial charge in [0.05, 0.1) is 12.3 Å². The van der Waals surface area contributed by atoms with Crippen molar-refractivity contribution in [3.05, 3.63) is 12.7 Å². The Morgan fingerprint density at radius 2 is 2.21 bits per heavy atom. The number of aryl methyl sites for hydroxylation is 1. The van der Waals surface area contributed by atoms with Crippen molar-refractivity contribution < 1.29 is 8.42 Å². The molecule has 0 amide bonds. The maximum Gasteiger partial charge on any atom is 0.213 e. The van der Waals surface area contributed by atoms with Gasteiger partial charge in [-0.2, -0.15) is 5.10 Å². The van der Waals surface area contributed by atoms with Crippen LogP contribution >= 0.6 is 0 Å². The normalized spacial score (nSPS) is 12.2. The maximum absolute atomic E-state index is 11.4. The van der Waals surface area contributed by atoms with E-state index in [1.807, 2.05) is 0 Å². The highest BCUT2D eigenvalue weighted by atomic mass is 32.2. The van der Waals surface area contributed by atoms with Gasteiger partial charge in [-0.05, 0) is 13.8 Å². The molecule has 0 saturated carbocycles. The summed E-state index contributed by atoms with van der Waals surface area (Å²) in [5.41, 5.74) is 0. The van der Waals surface area contributed by atoms with Crippen LogP contribution in [0.15, 0.2) is 12.7 Å². The summed E-state index contributed by atoms with van der Waals surface area (Å²) in [6.07, 6.45) is 2.87. The lowest BCUT2D eigenvalue weighted by Gasteiger charge is -2.08. The molecule has 1 N–H and O–H groups in total. The Labute approximate surface area is 83.4 Å². The molecule has 0 atom stereocenters. The largest absolute Gasteiger partial charge is 0.252 e. The number of aromatic nitrogens is 3. The first-order valence-electron chi connectivity index (χ1n) is 4.32. The van der Waals surface area contributed by atoms with Crippen molar-refractivity contribution in [1.29, 1.82) is 0 Å². The molecule has 0 aliphatic heterocycles. The van der Waals surface area contributed by atoms with E-state index in [2.05, 4.69) is 14.8 Å². The summed E-state index contributed by atoms with van der Waals surface area (Å²) in [7, 11) is -3.20. The molecule has 0 spiro atoms. The molecule has 0 aliphatic rings. The van der Waals surface area contributed by atoms with Gasteiger partial charge in [0.1, 0.15) is 12.7 Å². The standard InChI is InChI=1S/C7H14N4O2S/c1-7(2)10-14(12,13)4-3-11-6-8-5-9-11/h5-7,10H,3-4H2,1-2H3. The molecule has 0 fully saturated rings. The summed E-state index contributed by atoms with van der Waals surface area (Å²) in [6.45, 7) is 3.89. The number of nitrogens with one attached hydrogen (secondary N) is 1. The van der Waals surface area contributed by atoms with Gasteiger partial charge in [0.25, 0.3) is 0 Å². The summed E-state index contributed by atoms with van der Waals surface area (Å²) in [5.74, 6) is 0.0224. The minimum absolute atomic E-state index is 0.0224. The number of sulfonamides is 1. The number of hydrogen-bond acceptors (Lipinski definition) is 4. The van der Waals surface area contributed by atoms with E-state index in [9.17, 15) is 8.42 Å². The van der Waals surface area contributed by atoms with Crippen molar-refractivity contribution >= 4 is 10.0 Å². The molecule has 1 aromatic heterocycles. The van der Waals surface area contributed by atoms with Gasteiger partial charge in [-0.25, -0.2) is 18.1 Å². The highest BCUT2D eigenvalue weighted by molar-refractivity contribution is 7.89. The summed E-state index contributed by atoms with van der Waals surface area (Å²) < 4.78 is 26.7. The van der Waals surface area contributed by atoms with Crippen molar-refractivity contribution in [2.75, 3.05) is 5.75 Å². The predicted molar refractivity (Wildman–Crippen MR) is 52.1 cm³/mol. The van der Waals surface area contributed by atoms with Crippen LogP contribution in [0.5, 0.6) is 0 Å². The third kappa shape index (κ3) is 3.84. The minimum atomic E-state index is -3.20. The quantitative estimate of drug-likeness (QED) is 0.730. The molecule has 0 unspecified atom stereocenters. The molecular weight excluding hydrogens is 204 g/mol. The molecule has 14 heavy (non-hydrogen) atoms. The molecule has 0 bridgehead atoms. The van der Waals surface area contributed by atoms with Crippen LogP contribution in [0, 0.1) is 0 Å². The van der Waals surface area contributed by atoms with E-state index >= 15 is 0 Å². The summed E-state index contributed by atoms with van der Waals surface area (Å²) in [4.78, 5) is 3.72. The average Bonchev–Trinajstić information content (AvgIpc) is 2.50. The summed E-state index contributed by atoms with van der Waals surface area (Å²) in [6, 6.07) is -0.0734. The Balaban J connectivity index is 2.45. The molecule has 0 radical (unpaired) electrons. The fourth-order valence-corrected chi connectivity index (χ4v) is 2.24. The molecule has 1 heterocycles. The fraction of sp³-hybridized carbons (Fsp3) is 0.714. The molecule has 1 rings (SSSR count). The zero-order valence-electron chi connectivity index (χ0n) is 8.21. The van der Waals surface area contributed by atoms with Gasteiger partial charge in [-0.15, -0.1) is 0 Å². The van der Waals surface area contributed by atoms with Crippen molar-refractivity contribution in [2.24, 2.45) is 0 Å². The second kappa shape index (κ2) is 4.52. The molecule has 0 saturated heterocycles. The van der Waals surface area contributed by atoms with E-state index in [0.29, 0.717) is 6.54 Å². The van der Waals surface area contributed by atoms with Gasteiger partial charge in [0, 0.05) is 6.04 Å². The van der Waals surface area contributed by atoms with Crippen LogP contribution in [0.2, 0.25) is 0 Å². The Kier molecular flexibility index (Phi) is 3.59. The van der Waals surface area contributed by atoms with Crippen molar-refractivity contribution in [1.82, 2.24) is 19.5 Å². The second-order valence-corrected chi connectivity index (χ2v) is 5.12. The van der Waals surface area contributed by atoms with Gasteiger partial charge >= 0.3 is 0 Å². The second-order valence-electron chi connectivity index (χ2n) is 3.25. The average molecular weight is 218 g/mol. The SMILES string of the molecule is CC(C)NS(=O)(=O)CCn1cncn1. The first kappa shape index (κ1) is 11.1. The lowest BCUT2D eigenvalue weighted by atomic mass is 10.4. The zero-order valence-corrected chi connectivity index (χ0v) is 9.03. The summed E-state index contributed by atoms with van der Waals surface area (Å²) >= 11 is 0. The Hall–Kier alpha value is -0.950. The van der Waals surface area contributed by atoms with Crippen LogP contribution in [0.4, 0.5) is 0 Å². The van der Waals surface area contributed by atoms with Crippen LogP contribution in [0.3, 0.4) is 0 Å². The van der Waals surface area contributed by atoms with E-state index in [1.165, 1.54) is 17.3 Å². The van der Waals surface area contributed by atoms with Crippen molar-refractivity contribution in [3.63, 3.8) is 0 Å². The van der Waals surface area contributed by atoms with Gasteiger partial charge < -0.3 is 0 Å². The minimum Gasteiger partial charge on any atom is -0.252 e. The highest BCUT2D eigenvalue weighted by Gasteiger charge is 2.11. The van der Waals surface area contributed by atoms with Crippen LogP contribution in [-0.2, 0) is 16.6 Å². The molecular formula is C7H14N4O2S. The first-order chi connectivity index (χ1) is 6.49. The fourth-order valence-electron chi connectivity index (χ4n) is 0.980.